The second kappa shape index (κ2) is 7.22. The Morgan fingerprint density at radius 2 is 1.90 bits per heavy atom. The molecule has 0 heterocycles. The Morgan fingerprint density at radius 3 is 2.55 bits per heavy atom. The minimum absolute atomic E-state index is 0.100. The zero-order chi connectivity index (χ0) is 14.4. The van der Waals surface area contributed by atoms with Crippen LogP contribution in [-0.2, 0) is 10.8 Å². The van der Waals surface area contributed by atoms with Crippen molar-refractivity contribution in [2.75, 3.05) is 19.4 Å². The SMILES string of the molecule is COc1cccc(S(=O)CC(CN)c2ccccc2)c1. The first-order valence-corrected chi connectivity index (χ1v) is 7.84. The lowest BCUT2D eigenvalue weighted by Crippen LogP contribution is -2.19. The number of hydrogen-bond donors (Lipinski definition) is 1. The van der Waals surface area contributed by atoms with Crippen molar-refractivity contribution < 1.29 is 8.95 Å². The molecular formula is C16H19NO2S. The maximum absolute atomic E-state index is 12.5. The van der Waals surface area contributed by atoms with Crippen LogP contribution in [0.5, 0.6) is 5.75 Å². The van der Waals surface area contributed by atoms with Gasteiger partial charge in [0.05, 0.1) is 17.9 Å². The molecule has 0 saturated carbocycles. The third-order valence-electron chi connectivity index (χ3n) is 3.21. The topological polar surface area (TPSA) is 52.3 Å². The van der Waals surface area contributed by atoms with E-state index in [4.69, 9.17) is 10.5 Å². The zero-order valence-electron chi connectivity index (χ0n) is 11.5. The summed E-state index contributed by atoms with van der Waals surface area (Å²) in [5.74, 6) is 1.34. The number of nitrogens with two attached hydrogens (primary N) is 1. The largest absolute Gasteiger partial charge is 0.497 e. The van der Waals surface area contributed by atoms with Crippen LogP contribution < -0.4 is 10.5 Å². The number of methoxy groups -OCH3 is 1. The Labute approximate surface area is 122 Å². The molecule has 2 aromatic rings. The average Bonchev–Trinajstić information content (AvgIpc) is 2.53. The van der Waals surface area contributed by atoms with Gasteiger partial charge in [-0.15, -0.1) is 0 Å². The van der Waals surface area contributed by atoms with Crippen LogP contribution in [0.1, 0.15) is 11.5 Å². The predicted octanol–water partition coefficient (Wildman–Crippen LogP) is 2.55. The van der Waals surface area contributed by atoms with Crippen molar-refractivity contribution in [3.8, 4) is 5.75 Å². The molecule has 0 fully saturated rings. The summed E-state index contributed by atoms with van der Waals surface area (Å²) >= 11 is 0. The molecule has 2 atom stereocenters. The fourth-order valence-corrected chi connectivity index (χ4v) is 3.41. The molecule has 2 unspecified atom stereocenters. The fraction of sp³-hybridized carbons (Fsp3) is 0.250. The summed E-state index contributed by atoms with van der Waals surface area (Å²) in [5, 5.41) is 0. The van der Waals surface area contributed by atoms with Crippen LogP contribution in [-0.4, -0.2) is 23.6 Å². The Bertz CT molecular complexity index is 572. The maximum Gasteiger partial charge on any atom is 0.120 e. The highest BCUT2D eigenvalue weighted by Crippen LogP contribution is 2.21. The highest BCUT2D eigenvalue weighted by molar-refractivity contribution is 7.85. The molecule has 2 aromatic carbocycles. The van der Waals surface area contributed by atoms with Crippen LogP contribution >= 0.6 is 0 Å². The van der Waals surface area contributed by atoms with Crippen LogP contribution in [0, 0.1) is 0 Å². The molecule has 0 saturated heterocycles. The van der Waals surface area contributed by atoms with Gasteiger partial charge in [-0.2, -0.15) is 0 Å². The van der Waals surface area contributed by atoms with Crippen molar-refractivity contribution in [3.63, 3.8) is 0 Å². The zero-order valence-corrected chi connectivity index (χ0v) is 12.3. The summed E-state index contributed by atoms with van der Waals surface area (Å²) in [7, 11) is 0.520. The summed E-state index contributed by atoms with van der Waals surface area (Å²) < 4.78 is 17.6. The molecule has 2 N–H and O–H groups in total. The van der Waals surface area contributed by atoms with Gasteiger partial charge < -0.3 is 10.5 Å². The molecule has 4 heteroatoms. The van der Waals surface area contributed by atoms with Crippen molar-refractivity contribution in [1.29, 1.82) is 0 Å². The van der Waals surface area contributed by atoms with E-state index in [1.165, 1.54) is 0 Å². The van der Waals surface area contributed by atoms with E-state index in [2.05, 4.69) is 0 Å². The van der Waals surface area contributed by atoms with E-state index < -0.39 is 10.8 Å². The smallest absolute Gasteiger partial charge is 0.120 e. The van der Waals surface area contributed by atoms with Crippen molar-refractivity contribution >= 4 is 10.8 Å². The molecule has 0 aliphatic rings. The van der Waals surface area contributed by atoms with Crippen LogP contribution in [0.4, 0.5) is 0 Å². The quantitative estimate of drug-likeness (QED) is 0.889. The average molecular weight is 289 g/mol. The first-order valence-electron chi connectivity index (χ1n) is 6.52. The molecule has 0 amide bonds. The van der Waals surface area contributed by atoms with Gasteiger partial charge in [-0.05, 0) is 23.8 Å². The minimum Gasteiger partial charge on any atom is -0.497 e. The first kappa shape index (κ1) is 14.8. The van der Waals surface area contributed by atoms with E-state index in [9.17, 15) is 4.21 Å². The minimum atomic E-state index is -1.09. The monoisotopic (exact) mass is 289 g/mol. The number of benzene rings is 2. The number of rotatable bonds is 6. The van der Waals surface area contributed by atoms with Crippen molar-refractivity contribution in [2.24, 2.45) is 5.73 Å². The third kappa shape index (κ3) is 3.68. The molecule has 20 heavy (non-hydrogen) atoms. The van der Waals surface area contributed by atoms with E-state index in [0.29, 0.717) is 12.3 Å². The molecule has 3 nitrogen and oxygen atoms in total. The summed E-state index contributed by atoms with van der Waals surface area (Å²) in [5.41, 5.74) is 6.96. The molecular weight excluding hydrogens is 270 g/mol. The van der Waals surface area contributed by atoms with Crippen LogP contribution in [0.2, 0.25) is 0 Å². The van der Waals surface area contributed by atoms with Crippen molar-refractivity contribution in [1.82, 2.24) is 0 Å². The van der Waals surface area contributed by atoms with Gasteiger partial charge in [-0.25, -0.2) is 0 Å². The molecule has 106 valence electrons. The van der Waals surface area contributed by atoms with Gasteiger partial charge in [-0.1, -0.05) is 36.4 Å². The van der Waals surface area contributed by atoms with Gasteiger partial charge >= 0.3 is 0 Å². The highest BCUT2D eigenvalue weighted by Gasteiger charge is 2.15. The molecule has 0 radical (unpaired) electrons. The molecule has 0 spiro atoms. The van der Waals surface area contributed by atoms with Gasteiger partial charge in [0, 0.05) is 23.1 Å². The molecule has 0 aliphatic heterocycles. The Hall–Kier alpha value is -1.65. The standard InChI is InChI=1S/C16H19NO2S/c1-19-15-8-5-9-16(10-15)20(18)12-14(11-17)13-6-3-2-4-7-13/h2-10,14H,11-12,17H2,1H3. The Kier molecular flexibility index (Phi) is 5.32. The lowest BCUT2D eigenvalue weighted by molar-refractivity contribution is 0.413. The molecule has 0 aromatic heterocycles. The molecule has 0 aliphatic carbocycles. The first-order chi connectivity index (χ1) is 9.74. The van der Waals surface area contributed by atoms with Crippen molar-refractivity contribution in [2.45, 2.75) is 10.8 Å². The number of ether oxygens (including phenoxy) is 1. The van der Waals surface area contributed by atoms with Gasteiger partial charge in [0.1, 0.15) is 5.75 Å². The second-order valence-corrected chi connectivity index (χ2v) is 6.03. The van der Waals surface area contributed by atoms with E-state index in [1.807, 2.05) is 54.6 Å². The lowest BCUT2D eigenvalue weighted by Gasteiger charge is -2.15. The summed E-state index contributed by atoms with van der Waals surface area (Å²) in [4.78, 5) is 0.777. The number of hydrogen-bond acceptors (Lipinski definition) is 3. The van der Waals surface area contributed by atoms with Crippen LogP contribution in [0.15, 0.2) is 59.5 Å². The van der Waals surface area contributed by atoms with Gasteiger partial charge in [0.2, 0.25) is 0 Å². The van der Waals surface area contributed by atoms with Gasteiger partial charge in [0.15, 0.2) is 0 Å². The second-order valence-electron chi connectivity index (χ2n) is 4.53. The van der Waals surface area contributed by atoms with E-state index in [-0.39, 0.29) is 5.92 Å². The summed E-state index contributed by atoms with van der Waals surface area (Å²) in [6, 6.07) is 17.4. The van der Waals surface area contributed by atoms with E-state index in [0.717, 1.165) is 16.2 Å². The van der Waals surface area contributed by atoms with Gasteiger partial charge in [-0.3, -0.25) is 4.21 Å². The highest BCUT2D eigenvalue weighted by atomic mass is 32.2. The normalized spacial score (nSPS) is 13.7. The molecule has 0 bridgehead atoms. The molecule has 2 rings (SSSR count). The summed E-state index contributed by atoms with van der Waals surface area (Å²) in [6.07, 6.45) is 0. The van der Waals surface area contributed by atoms with E-state index >= 15 is 0 Å². The lowest BCUT2D eigenvalue weighted by atomic mass is 10.0. The Morgan fingerprint density at radius 1 is 1.15 bits per heavy atom. The third-order valence-corrected chi connectivity index (χ3v) is 4.70. The van der Waals surface area contributed by atoms with Crippen molar-refractivity contribution in [3.05, 3.63) is 60.2 Å². The van der Waals surface area contributed by atoms with E-state index in [1.54, 1.807) is 7.11 Å². The Balaban J connectivity index is 2.13. The summed E-state index contributed by atoms with van der Waals surface area (Å²) in [6.45, 7) is 0.486. The van der Waals surface area contributed by atoms with Crippen LogP contribution in [0.25, 0.3) is 0 Å². The fourth-order valence-electron chi connectivity index (χ4n) is 2.05. The predicted molar refractivity (Wildman–Crippen MR) is 82.5 cm³/mol. The van der Waals surface area contributed by atoms with Crippen LogP contribution in [0.3, 0.4) is 0 Å². The van der Waals surface area contributed by atoms with Gasteiger partial charge in [0.25, 0.3) is 0 Å². The maximum atomic E-state index is 12.5.